The van der Waals surface area contributed by atoms with E-state index in [1.165, 1.54) is 12.8 Å². The highest BCUT2D eigenvalue weighted by molar-refractivity contribution is 5.10. The average Bonchev–Trinajstić information content (AvgIpc) is 3.02. The smallest absolute Gasteiger partial charge is 0.0694 e. The molecule has 0 radical (unpaired) electrons. The molecule has 1 aliphatic heterocycles. The Kier molecular flexibility index (Phi) is 4.02. The Balaban J connectivity index is 1.35. The van der Waals surface area contributed by atoms with E-state index in [0.29, 0.717) is 5.92 Å². The van der Waals surface area contributed by atoms with Crippen LogP contribution in [0.5, 0.6) is 0 Å². The number of aliphatic hydroxyl groups excluding tert-OH is 1. The monoisotopic (exact) mass is 251 g/mol. The van der Waals surface area contributed by atoms with Crippen molar-refractivity contribution in [2.24, 2.45) is 23.7 Å². The van der Waals surface area contributed by atoms with Gasteiger partial charge in [-0.05, 0) is 55.9 Å². The Hall–Kier alpha value is -0.380. The first-order valence-electron chi connectivity index (χ1n) is 7.48. The van der Waals surface area contributed by atoms with Crippen LogP contribution in [0.2, 0.25) is 0 Å². The molecule has 3 nitrogen and oxygen atoms in total. The summed E-state index contributed by atoms with van der Waals surface area (Å²) in [5.41, 5.74) is 0. The molecule has 18 heavy (non-hydrogen) atoms. The van der Waals surface area contributed by atoms with Crippen LogP contribution in [0.15, 0.2) is 12.2 Å². The number of hydrogen-bond acceptors (Lipinski definition) is 3. The molecule has 102 valence electrons. The molecule has 4 unspecified atom stereocenters. The molecule has 2 bridgehead atoms. The topological polar surface area (TPSA) is 41.5 Å². The van der Waals surface area contributed by atoms with E-state index in [9.17, 15) is 5.11 Å². The Morgan fingerprint density at radius 2 is 2.06 bits per heavy atom. The van der Waals surface area contributed by atoms with E-state index >= 15 is 0 Å². The zero-order chi connectivity index (χ0) is 12.4. The third-order valence-corrected chi connectivity index (χ3v) is 4.99. The van der Waals surface area contributed by atoms with Crippen molar-refractivity contribution in [3.8, 4) is 0 Å². The lowest BCUT2D eigenvalue weighted by atomic mass is 9.92. The molecule has 0 aromatic rings. The largest absolute Gasteiger partial charge is 0.392 e. The standard InChI is InChI=1S/C15H25NO2/c17-15(12-3-5-18-6-4-12)10-16-9-14-8-11-1-2-13(14)7-11/h1-2,11-17H,3-10H2. The van der Waals surface area contributed by atoms with Crippen LogP contribution in [0.25, 0.3) is 0 Å². The maximum atomic E-state index is 10.1. The lowest BCUT2D eigenvalue weighted by Crippen LogP contribution is -2.38. The molecule has 4 atom stereocenters. The summed E-state index contributed by atoms with van der Waals surface area (Å²) < 4.78 is 5.33. The number of nitrogens with one attached hydrogen (secondary N) is 1. The molecular weight excluding hydrogens is 226 g/mol. The fraction of sp³-hybridized carbons (Fsp3) is 0.867. The van der Waals surface area contributed by atoms with Gasteiger partial charge in [0, 0.05) is 19.8 Å². The van der Waals surface area contributed by atoms with Gasteiger partial charge < -0.3 is 15.2 Å². The summed E-state index contributed by atoms with van der Waals surface area (Å²) in [6, 6.07) is 0. The Morgan fingerprint density at radius 1 is 1.22 bits per heavy atom. The summed E-state index contributed by atoms with van der Waals surface area (Å²) in [7, 11) is 0. The number of ether oxygens (including phenoxy) is 1. The molecule has 1 saturated carbocycles. The zero-order valence-corrected chi connectivity index (χ0v) is 11.1. The first kappa shape index (κ1) is 12.6. The highest BCUT2D eigenvalue weighted by Gasteiger charge is 2.35. The lowest BCUT2D eigenvalue weighted by molar-refractivity contribution is 0.00824. The van der Waals surface area contributed by atoms with E-state index in [1.807, 2.05) is 0 Å². The second-order valence-electron chi connectivity index (χ2n) is 6.22. The Morgan fingerprint density at radius 3 is 2.72 bits per heavy atom. The SMILES string of the molecule is OC(CNCC1CC2C=CC1C2)C1CCOCC1. The average molecular weight is 251 g/mol. The minimum absolute atomic E-state index is 0.192. The molecule has 3 aliphatic rings. The highest BCUT2D eigenvalue weighted by Crippen LogP contribution is 2.42. The van der Waals surface area contributed by atoms with Crippen LogP contribution in [0.4, 0.5) is 0 Å². The van der Waals surface area contributed by atoms with Gasteiger partial charge in [0.25, 0.3) is 0 Å². The fourth-order valence-corrected chi connectivity index (χ4v) is 3.81. The maximum Gasteiger partial charge on any atom is 0.0694 e. The number of hydrogen-bond donors (Lipinski definition) is 2. The summed E-state index contributed by atoms with van der Waals surface area (Å²) in [6.45, 7) is 3.46. The fourth-order valence-electron chi connectivity index (χ4n) is 3.81. The maximum absolute atomic E-state index is 10.1. The second-order valence-corrected chi connectivity index (χ2v) is 6.22. The van der Waals surface area contributed by atoms with Crippen LogP contribution in [-0.4, -0.2) is 37.5 Å². The number of rotatable bonds is 5. The van der Waals surface area contributed by atoms with Crippen molar-refractivity contribution in [1.82, 2.24) is 5.32 Å². The molecular formula is C15H25NO2. The van der Waals surface area contributed by atoms with E-state index in [2.05, 4.69) is 17.5 Å². The van der Waals surface area contributed by atoms with E-state index in [0.717, 1.165) is 56.9 Å². The summed E-state index contributed by atoms with van der Waals surface area (Å²) in [6.07, 6.45) is 9.34. The van der Waals surface area contributed by atoms with Crippen LogP contribution in [-0.2, 0) is 4.74 Å². The van der Waals surface area contributed by atoms with Crippen LogP contribution in [0.3, 0.4) is 0 Å². The van der Waals surface area contributed by atoms with Crippen molar-refractivity contribution < 1.29 is 9.84 Å². The van der Waals surface area contributed by atoms with Gasteiger partial charge in [-0.15, -0.1) is 0 Å². The van der Waals surface area contributed by atoms with Crippen LogP contribution in [0.1, 0.15) is 25.7 Å². The summed E-state index contributed by atoms with van der Waals surface area (Å²) in [5, 5.41) is 13.6. The lowest BCUT2D eigenvalue weighted by Gasteiger charge is -2.27. The minimum Gasteiger partial charge on any atom is -0.392 e. The van der Waals surface area contributed by atoms with Crippen molar-refractivity contribution in [2.45, 2.75) is 31.8 Å². The molecule has 3 rings (SSSR count). The van der Waals surface area contributed by atoms with Gasteiger partial charge in [-0.1, -0.05) is 12.2 Å². The third-order valence-electron chi connectivity index (χ3n) is 4.99. The first-order valence-corrected chi connectivity index (χ1v) is 7.48. The van der Waals surface area contributed by atoms with E-state index < -0.39 is 0 Å². The normalized spacial score (nSPS) is 37.3. The first-order chi connectivity index (χ1) is 8.83. The van der Waals surface area contributed by atoms with Gasteiger partial charge >= 0.3 is 0 Å². The van der Waals surface area contributed by atoms with Gasteiger partial charge in [-0.25, -0.2) is 0 Å². The molecule has 2 N–H and O–H groups in total. The molecule has 0 amide bonds. The predicted molar refractivity (Wildman–Crippen MR) is 71.3 cm³/mol. The highest BCUT2D eigenvalue weighted by atomic mass is 16.5. The number of fused-ring (bicyclic) bond motifs is 2. The van der Waals surface area contributed by atoms with Crippen LogP contribution >= 0.6 is 0 Å². The van der Waals surface area contributed by atoms with Gasteiger partial charge in [-0.2, -0.15) is 0 Å². The molecule has 0 aromatic carbocycles. The Bertz CT molecular complexity index is 299. The number of aliphatic hydroxyl groups is 1. The van der Waals surface area contributed by atoms with Crippen molar-refractivity contribution in [3.63, 3.8) is 0 Å². The molecule has 1 heterocycles. The van der Waals surface area contributed by atoms with Gasteiger partial charge in [-0.3, -0.25) is 0 Å². The quantitative estimate of drug-likeness (QED) is 0.729. The molecule has 2 aliphatic carbocycles. The molecule has 0 aromatic heterocycles. The van der Waals surface area contributed by atoms with E-state index in [1.54, 1.807) is 0 Å². The van der Waals surface area contributed by atoms with Crippen LogP contribution < -0.4 is 5.32 Å². The van der Waals surface area contributed by atoms with Crippen molar-refractivity contribution in [1.29, 1.82) is 0 Å². The van der Waals surface area contributed by atoms with Gasteiger partial charge in [0.05, 0.1) is 6.10 Å². The van der Waals surface area contributed by atoms with Gasteiger partial charge in [0.15, 0.2) is 0 Å². The molecule has 2 fully saturated rings. The summed E-state index contributed by atoms with van der Waals surface area (Å²) in [5.74, 6) is 2.90. The predicted octanol–water partition coefficient (Wildman–Crippen LogP) is 1.58. The van der Waals surface area contributed by atoms with Gasteiger partial charge in [0.2, 0.25) is 0 Å². The van der Waals surface area contributed by atoms with Crippen LogP contribution in [0, 0.1) is 23.7 Å². The Labute approximate surface area is 110 Å². The minimum atomic E-state index is -0.192. The summed E-state index contributed by atoms with van der Waals surface area (Å²) in [4.78, 5) is 0. The van der Waals surface area contributed by atoms with E-state index in [4.69, 9.17) is 4.74 Å². The molecule has 1 saturated heterocycles. The van der Waals surface area contributed by atoms with Crippen molar-refractivity contribution in [2.75, 3.05) is 26.3 Å². The molecule has 3 heteroatoms. The number of allylic oxidation sites excluding steroid dienone is 2. The van der Waals surface area contributed by atoms with E-state index in [-0.39, 0.29) is 6.10 Å². The molecule has 0 spiro atoms. The van der Waals surface area contributed by atoms with Gasteiger partial charge in [0.1, 0.15) is 0 Å². The summed E-state index contributed by atoms with van der Waals surface area (Å²) >= 11 is 0. The third kappa shape index (κ3) is 2.79. The second kappa shape index (κ2) is 5.72. The van der Waals surface area contributed by atoms with Crippen molar-refractivity contribution >= 4 is 0 Å². The van der Waals surface area contributed by atoms with Crippen molar-refractivity contribution in [3.05, 3.63) is 12.2 Å². The zero-order valence-electron chi connectivity index (χ0n) is 11.1.